The van der Waals surface area contributed by atoms with E-state index < -0.39 is 0 Å². The Morgan fingerprint density at radius 3 is 1.60 bits per heavy atom. The molecule has 3 nitrogen and oxygen atoms in total. The summed E-state index contributed by atoms with van der Waals surface area (Å²) in [7, 11) is 4.41. The zero-order chi connectivity index (χ0) is 26.0. The molecule has 0 aromatic carbocycles. The van der Waals surface area contributed by atoms with Crippen LogP contribution in [0.15, 0.2) is 0 Å². The molecule has 3 heteroatoms. The summed E-state index contributed by atoms with van der Waals surface area (Å²) in [6.45, 7) is 7.78. The highest BCUT2D eigenvalue weighted by molar-refractivity contribution is 5.48. The lowest BCUT2D eigenvalue weighted by molar-refractivity contribution is -0.160. The second kappa shape index (κ2) is 25.2. The average Bonchev–Trinajstić information content (AvgIpc) is 2.85. The Morgan fingerprint density at radius 2 is 1.09 bits per heavy atom. The molecular weight excluding hydrogens is 430 g/mol. The molecule has 210 valence electrons. The zero-order valence-corrected chi connectivity index (χ0v) is 24.9. The average molecular weight is 496 g/mol. The number of carbonyl (C=O) groups is 1. The van der Waals surface area contributed by atoms with Crippen LogP contribution in [-0.2, 0) is 9.53 Å². The fourth-order valence-corrected chi connectivity index (χ4v) is 5.30. The van der Waals surface area contributed by atoms with Gasteiger partial charge in [-0.1, -0.05) is 117 Å². The number of nitrogens with zero attached hydrogens (tertiary/aromatic N) is 1. The van der Waals surface area contributed by atoms with Gasteiger partial charge in [-0.2, -0.15) is 0 Å². The van der Waals surface area contributed by atoms with Gasteiger partial charge in [-0.05, 0) is 65.0 Å². The molecule has 0 bridgehead atoms. The van der Waals surface area contributed by atoms with Crippen molar-refractivity contribution in [2.24, 2.45) is 5.92 Å². The summed E-state index contributed by atoms with van der Waals surface area (Å²) in [6, 6.07) is 0. The molecule has 0 aromatic rings. The minimum Gasteiger partial charge on any atom is -0.360 e. The van der Waals surface area contributed by atoms with Crippen LogP contribution in [0.1, 0.15) is 168 Å². The summed E-state index contributed by atoms with van der Waals surface area (Å²) in [5.41, 5.74) is -0.170. The lowest BCUT2D eigenvalue weighted by Gasteiger charge is -2.41. The second-order valence-corrected chi connectivity index (χ2v) is 11.4. The molecule has 0 saturated heterocycles. The van der Waals surface area contributed by atoms with Gasteiger partial charge in [0.05, 0.1) is 6.61 Å². The predicted molar refractivity (Wildman–Crippen MR) is 155 cm³/mol. The maximum atomic E-state index is 10.9. The van der Waals surface area contributed by atoms with Gasteiger partial charge in [-0.15, -0.1) is 0 Å². The van der Waals surface area contributed by atoms with Crippen molar-refractivity contribution in [2.75, 3.05) is 20.7 Å². The number of rotatable bonds is 28. The molecule has 0 saturated carbocycles. The second-order valence-electron chi connectivity index (χ2n) is 11.4. The third-order valence-electron chi connectivity index (χ3n) is 7.89. The van der Waals surface area contributed by atoms with Gasteiger partial charge in [0.2, 0.25) is 0 Å². The Balaban J connectivity index is 4.76. The largest absolute Gasteiger partial charge is 0.360 e. The van der Waals surface area contributed by atoms with Gasteiger partial charge in [0.25, 0.3) is 0 Å². The van der Waals surface area contributed by atoms with Gasteiger partial charge in [-0.3, -0.25) is 4.90 Å². The van der Waals surface area contributed by atoms with E-state index in [0.717, 1.165) is 38.6 Å². The molecule has 2 atom stereocenters. The Kier molecular flexibility index (Phi) is 25.0. The molecule has 0 amide bonds. The Bertz CT molecular complexity index is 439. The van der Waals surface area contributed by atoms with Crippen LogP contribution in [0, 0.1) is 5.92 Å². The first-order chi connectivity index (χ1) is 17.1. The van der Waals surface area contributed by atoms with E-state index in [1.54, 1.807) is 0 Å². The van der Waals surface area contributed by atoms with E-state index >= 15 is 0 Å². The van der Waals surface area contributed by atoms with Gasteiger partial charge in [-0.25, -0.2) is 0 Å². The fourth-order valence-electron chi connectivity index (χ4n) is 5.30. The third kappa shape index (κ3) is 19.4. The van der Waals surface area contributed by atoms with Gasteiger partial charge in [0, 0.05) is 6.42 Å². The Labute approximate surface area is 221 Å². The quantitative estimate of drug-likeness (QED) is 0.0614. The first-order valence-electron chi connectivity index (χ1n) is 15.8. The van der Waals surface area contributed by atoms with Crippen LogP contribution in [0.25, 0.3) is 0 Å². The molecule has 0 N–H and O–H groups in total. The van der Waals surface area contributed by atoms with E-state index in [4.69, 9.17) is 4.74 Å². The highest BCUT2D eigenvalue weighted by atomic mass is 16.5. The van der Waals surface area contributed by atoms with Crippen molar-refractivity contribution in [3.05, 3.63) is 0 Å². The normalized spacial score (nSPS) is 14.3. The first-order valence-corrected chi connectivity index (χ1v) is 15.8. The van der Waals surface area contributed by atoms with Crippen LogP contribution in [0.4, 0.5) is 0 Å². The van der Waals surface area contributed by atoms with Crippen molar-refractivity contribution in [3.63, 3.8) is 0 Å². The summed E-state index contributed by atoms with van der Waals surface area (Å²) < 4.78 is 6.91. The Morgan fingerprint density at radius 1 is 0.629 bits per heavy atom. The minimum atomic E-state index is -0.170. The molecule has 0 spiro atoms. The monoisotopic (exact) mass is 496 g/mol. The standard InChI is InChI=1S/C32H65NO2/c1-6-9-12-14-15-16-17-18-19-22-27-32(33(4)5,28-23-20-24-29-34)35-30-31(25-11-8-3)26-21-13-10-7-2/h29,31H,6-28,30H2,1-5H3. The smallest absolute Gasteiger partial charge is 0.121 e. The maximum Gasteiger partial charge on any atom is 0.121 e. The van der Waals surface area contributed by atoms with Gasteiger partial charge >= 0.3 is 0 Å². The highest BCUT2D eigenvalue weighted by Gasteiger charge is 2.33. The van der Waals surface area contributed by atoms with Crippen molar-refractivity contribution in [2.45, 2.75) is 174 Å². The van der Waals surface area contributed by atoms with E-state index in [2.05, 4.69) is 39.8 Å². The molecule has 0 heterocycles. The Hall–Kier alpha value is -0.410. The maximum absolute atomic E-state index is 10.9. The number of hydrogen-bond donors (Lipinski definition) is 0. The van der Waals surface area contributed by atoms with Crippen LogP contribution in [0.3, 0.4) is 0 Å². The molecule has 0 aliphatic rings. The van der Waals surface area contributed by atoms with Crippen LogP contribution < -0.4 is 0 Å². The minimum absolute atomic E-state index is 0.170. The number of carbonyl (C=O) groups excluding carboxylic acids is 1. The lowest BCUT2D eigenvalue weighted by atomic mass is 9.93. The molecule has 0 radical (unpaired) electrons. The van der Waals surface area contributed by atoms with Crippen molar-refractivity contribution in [3.8, 4) is 0 Å². The fraction of sp³-hybridized carbons (Fsp3) is 0.969. The summed E-state index contributed by atoms with van der Waals surface area (Å²) >= 11 is 0. The predicted octanol–water partition coefficient (Wildman–Crippen LogP) is 10.1. The van der Waals surface area contributed by atoms with Gasteiger partial charge in [0.1, 0.15) is 12.0 Å². The van der Waals surface area contributed by atoms with Crippen molar-refractivity contribution in [1.82, 2.24) is 4.90 Å². The zero-order valence-electron chi connectivity index (χ0n) is 24.9. The van der Waals surface area contributed by atoms with E-state index in [0.29, 0.717) is 12.3 Å². The van der Waals surface area contributed by atoms with Crippen LogP contribution in [-0.4, -0.2) is 37.6 Å². The first kappa shape index (κ1) is 34.6. The van der Waals surface area contributed by atoms with Crippen LogP contribution in [0.5, 0.6) is 0 Å². The highest BCUT2D eigenvalue weighted by Crippen LogP contribution is 2.31. The summed E-state index contributed by atoms with van der Waals surface area (Å²) in [4.78, 5) is 13.2. The molecule has 0 aliphatic carbocycles. The van der Waals surface area contributed by atoms with E-state index in [9.17, 15) is 4.79 Å². The van der Waals surface area contributed by atoms with Gasteiger partial charge < -0.3 is 9.53 Å². The number of unbranched alkanes of at least 4 members (excludes halogenated alkanes) is 15. The molecular formula is C32H65NO2. The number of aldehydes is 1. The number of hydrogen-bond acceptors (Lipinski definition) is 3. The molecule has 2 unspecified atom stereocenters. The molecule has 0 aliphatic heterocycles. The van der Waals surface area contributed by atoms with E-state index in [1.807, 2.05) is 0 Å². The van der Waals surface area contributed by atoms with E-state index in [-0.39, 0.29) is 5.72 Å². The summed E-state index contributed by atoms with van der Waals surface area (Å²) in [5.74, 6) is 0.689. The number of ether oxygens (including phenoxy) is 1. The topological polar surface area (TPSA) is 29.5 Å². The van der Waals surface area contributed by atoms with Crippen molar-refractivity contribution >= 4 is 6.29 Å². The van der Waals surface area contributed by atoms with Crippen LogP contribution in [0.2, 0.25) is 0 Å². The third-order valence-corrected chi connectivity index (χ3v) is 7.89. The van der Waals surface area contributed by atoms with Crippen LogP contribution >= 0.6 is 0 Å². The van der Waals surface area contributed by atoms with Gasteiger partial charge in [0.15, 0.2) is 0 Å². The van der Waals surface area contributed by atoms with Crippen molar-refractivity contribution in [1.29, 1.82) is 0 Å². The SMILES string of the molecule is CCCCCCCCCCCCC(CCCCC=O)(OCC(CCCC)CCCCCC)N(C)C. The van der Waals surface area contributed by atoms with Crippen molar-refractivity contribution < 1.29 is 9.53 Å². The molecule has 0 rings (SSSR count). The lowest BCUT2D eigenvalue weighted by Crippen LogP contribution is -2.47. The molecule has 35 heavy (non-hydrogen) atoms. The van der Waals surface area contributed by atoms with E-state index in [1.165, 1.54) is 116 Å². The molecule has 0 aromatic heterocycles. The molecule has 0 fully saturated rings. The summed E-state index contributed by atoms with van der Waals surface area (Å²) in [6.07, 6.45) is 30.2. The summed E-state index contributed by atoms with van der Waals surface area (Å²) in [5, 5.41) is 0.